The number of nitrogen functional groups attached to an aromatic ring is 1. The van der Waals surface area contributed by atoms with Crippen LogP contribution < -0.4 is 16.0 Å². The maximum absolute atomic E-state index is 12.3. The van der Waals surface area contributed by atoms with Crippen LogP contribution in [0.1, 0.15) is 32.8 Å². The third-order valence-electron chi connectivity index (χ3n) is 3.25. The number of carbonyl (C=O) groups is 1. The van der Waals surface area contributed by atoms with E-state index in [1.54, 1.807) is 4.90 Å². The Labute approximate surface area is 120 Å². The predicted molar refractivity (Wildman–Crippen MR) is 82.3 cm³/mol. The first-order chi connectivity index (χ1) is 9.31. The van der Waals surface area contributed by atoms with Crippen molar-refractivity contribution in [3.05, 3.63) is 17.7 Å². The number of aryl methyl sites for hydroxylation is 1. The fourth-order valence-corrected chi connectivity index (χ4v) is 2.37. The van der Waals surface area contributed by atoms with Crippen molar-refractivity contribution in [1.29, 1.82) is 0 Å². The molecule has 5 nitrogen and oxygen atoms in total. The Hall–Kier alpha value is -1.91. The van der Waals surface area contributed by atoms with Gasteiger partial charge in [-0.15, -0.1) is 0 Å². The molecule has 0 bridgehead atoms. The maximum Gasteiger partial charge on any atom is 0.414 e. The highest BCUT2D eigenvalue weighted by Crippen LogP contribution is 2.34. The molecule has 0 radical (unpaired) electrons. The summed E-state index contributed by atoms with van der Waals surface area (Å²) in [6, 6.07) is 3.87. The third-order valence-corrected chi connectivity index (χ3v) is 3.25. The van der Waals surface area contributed by atoms with Crippen LogP contribution in [-0.4, -0.2) is 25.3 Å². The molecule has 0 aromatic heterocycles. The molecular formula is C15H23N3O2. The lowest BCUT2D eigenvalue weighted by atomic mass is 10.0. The molecule has 0 fully saturated rings. The Morgan fingerprint density at radius 3 is 2.70 bits per heavy atom. The quantitative estimate of drug-likeness (QED) is 0.774. The first-order valence-corrected chi connectivity index (χ1v) is 6.92. The number of carbonyl (C=O) groups excluding carboxylic acids is 1. The fourth-order valence-electron chi connectivity index (χ4n) is 2.37. The van der Waals surface area contributed by atoms with Gasteiger partial charge in [0.2, 0.25) is 0 Å². The Bertz CT molecular complexity index is 521. The van der Waals surface area contributed by atoms with E-state index in [0.29, 0.717) is 12.2 Å². The number of hydrogen-bond acceptors (Lipinski definition) is 4. The van der Waals surface area contributed by atoms with Gasteiger partial charge in [-0.05, 0) is 51.3 Å². The molecule has 1 aromatic carbocycles. The van der Waals surface area contributed by atoms with Gasteiger partial charge < -0.3 is 15.8 Å². The number of hydrogen-bond donors (Lipinski definition) is 2. The largest absolute Gasteiger partial charge is 0.443 e. The van der Waals surface area contributed by atoms with Gasteiger partial charge in [0, 0.05) is 13.6 Å². The van der Waals surface area contributed by atoms with Gasteiger partial charge in [0.1, 0.15) is 5.60 Å². The molecule has 0 saturated heterocycles. The molecule has 1 amide bonds. The lowest BCUT2D eigenvalue weighted by molar-refractivity contribution is 0.0578. The van der Waals surface area contributed by atoms with Crippen LogP contribution in [0.15, 0.2) is 12.1 Å². The highest BCUT2D eigenvalue weighted by Gasteiger charge is 2.27. The van der Waals surface area contributed by atoms with Crippen LogP contribution in [0.25, 0.3) is 0 Å². The number of anilines is 3. The molecule has 1 aliphatic rings. The predicted octanol–water partition coefficient (Wildman–Crippen LogP) is 3.00. The molecule has 0 aliphatic carbocycles. The van der Waals surface area contributed by atoms with E-state index in [2.05, 4.69) is 5.32 Å². The van der Waals surface area contributed by atoms with Gasteiger partial charge in [-0.2, -0.15) is 0 Å². The van der Waals surface area contributed by atoms with E-state index in [9.17, 15) is 4.79 Å². The summed E-state index contributed by atoms with van der Waals surface area (Å²) in [6.07, 6.45) is 1.55. The number of nitrogens with one attached hydrogen (secondary N) is 1. The summed E-state index contributed by atoms with van der Waals surface area (Å²) in [7, 11) is 1.82. The van der Waals surface area contributed by atoms with Crippen LogP contribution in [0.5, 0.6) is 0 Å². The molecule has 0 spiro atoms. The van der Waals surface area contributed by atoms with Crippen molar-refractivity contribution in [3.8, 4) is 0 Å². The molecule has 2 rings (SSSR count). The van der Waals surface area contributed by atoms with Crippen LogP contribution in [0.4, 0.5) is 21.9 Å². The summed E-state index contributed by atoms with van der Waals surface area (Å²) >= 11 is 0. The first-order valence-electron chi connectivity index (χ1n) is 6.92. The molecule has 0 saturated carbocycles. The minimum atomic E-state index is -0.492. The molecule has 20 heavy (non-hydrogen) atoms. The average molecular weight is 277 g/mol. The zero-order chi connectivity index (χ0) is 14.9. The first kappa shape index (κ1) is 14.5. The number of fused-ring (bicyclic) bond motifs is 1. The molecule has 0 atom stereocenters. The van der Waals surface area contributed by atoms with Crippen molar-refractivity contribution in [1.82, 2.24) is 0 Å². The zero-order valence-electron chi connectivity index (χ0n) is 12.6. The van der Waals surface area contributed by atoms with Gasteiger partial charge in [-0.1, -0.05) is 0 Å². The van der Waals surface area contributed by atoms with Crippen molar-refractivity contribution in [2.24, 2.45) is 0 Å². The van der Waals surface area contributed by atoms with Gasteiger partial charge in [0.25, 0.3) is 0 Å². The number of ether oxygens (including phenoxy) is 1. The summed E-state index contributed by atoms with van der Waals surface area (Å²) in [4.78, 5) is 14.0. The summed E-state index contributed by atoms with van der Waals surface area (Å²) < 4.78 is 5.47. The monoisotopic (exact) mass is 277 g/mol. The van der Waals surface area contributed by atoms with E-state index in [4.69, 9.17) is 10.5 Å². The maximum atomic E-state index is 12.3. The molecule has 1 aromatic rings. The topological polar surface area (TPSA) is 67.6 Å². The van der Waals surface area contributed by atoms with E-state index in [-0.39, 0.29) is 6.09 Å². The summed E-state index contributed by atoms with van der Waals surface area (Å²) in [5.41, 5.74) is 9.02. The molecule has 0 unspecified atom stereocenters. The van der Waals surface area contributed by atoms with Gasteiger partial charge in [-0.25, -0.2) is 4.79 Å². The van der Waals surface area contributed by atoms with Crippen LogP contribution in [-0.2, 0) is 11.2 Å². The molecule has 110 valence electrons. The van der Waals surface area contributed by atoms with Gasteiger partial charge in [0.05, 0.1) is 17.1 Å². The zero-order valence-corrected chi connectivity index (χ0v) is 12.6. The Balaban J connectivity index is 2.34. The minimum absolute atomic E-state index is 0.301. The van der Waals surface area contributed by atoms with Crippen LogP contribution >= 0.6 is 0 Å². The van der Waals surface area contributed by atoms with Crippen molar-refractivity contribution >= 4 is 23.2 Å². The standard InChI is InChI=1S/C15H23N3O2/c1-15(2,3)20-14(19)18-7-5-6-10-8-11(16)12(17-4)9-13(10)18/h8-9,17H,5-7,16H2,1-4H3. The average Bonchev–Trinajstić information content (AvgIpc) is 2.35. The molecule has 5 heteroatoms. The van der Waals surface area contributed by atoms with Gasteiger partial charge in [-0.3, -0.25) is 4.90 Å². The fraction of sp³-hybridized carbons (Fsp3) is 0.533. The minimum Gasteiger partial charge on any atom is -0.443 e. The van der Waals surface area contributed by atoms with Crippen molar-refractivity contribution in [3.63, 3.8) is 0 Å². The van der Waals surface area contributed by atoms with E-state index in [1.165, 1.54) is 0 Å². The highest BCUT2D eigenvalue weighted by atomic mass is 16.6. The van der Waals surface area contributed by atoms with Crippen LogP contribution in [0, 0.1) is 0 Å². The second-order valence-corrected chi connectivity index (χ2v) is 6.05. The third kappa shape index (κ3) is 2.98. The number of rotatable bonds is 1. The van der Waals surface area contributed by atoms with E-state index in [0.717, 1.165) is 29.8 Å². The van der Waals surface area contributed by atoms with Crippen molar-refractivity contribution in [2.45, 2.75) is 39.2 Å². The molecule has 3 N–H and O–H groups in total. The molecule has 1 aliphatic heterocycles. The van der Waals surface area contributed by atoms with Crippen LogP contribution in [0.3, 0.4) is 0 Å². The summed E-state index contributed by atoms with van der Waals surface area (Å²) in [5, 5.41) is 3.05. The van der Waals surface area contributed by atoms with E-state index in [1.807, 2.05) is 40.0 Å². The van der Waals surface area contributed by atoms with E-state index < -0.39 is 5.60 Å². The summed E-state index contributed by atoms with van der Waals surface area (Å²) in [6.45, 7) is 6.29. The number of nitrogens with two attached hydrogens (primary N) is 1. The van der Waals surface area contributed by atoms with Crippen LogP contribution in [0.2, 0.25) is 0 Å². The Morgan fingerprint density at radius 2 is 2.10 bits per heavy atom. The lowest BCUT2D eigenvalue weighted by Crippen LogP contribution is -2.39. The lowest BCUT2D eigenvalue weighted by Gasteiger charge is -2.32. The number of benzene rings is 1. The van der Waals surface area contributed by atoms with E-state index >= 15 is 0 Å². The molecular weight excluding hydrogens is 254 g/mol. The van der Waals surface area contributed by atoms with Crippen molar-refractivity contribution in [2.75, 3.05) is 29.5 Å². The Kier molecular flexibility index (Phi) is 3.79. The number of nitrogens with zero attached hydrogens (tertiary/aromatic N) is 1. The second kappa shape index (κ2) is 5.23. The van der Waals surface area contributed by atoms with Gasteiger partial charge in [0.15, 0.2) is 0 Å². The van der Waals surface area contributed by atoms with Crippen molar-refractivity contribution < 1.29 is 9.53 Å². The normalized spacial score (nSPS) is 14.7. The molecule has 1 heterocycles. The highest BCUT2D eigenvalue weighted by molar-refractivity contribution is 5.91. The van der Waals surface area contributed by atoms with Gasteiger partial charge >= 0.3 is 6.09 Å². The SMILES string of the molecule is CNc1cc2c(cc1N)CCCN2C(=O)OC(C)(C)C. The summed E-state index contributed by atoms with van der Waals surface area (Å²) in [5.74, 6) is 0. The second-order valence-electron chi connectivity index (χ2n) is 6.05. The number of amides is 1. The smallest absolute Gasteiger partial charge is 0.414 e. The Morgan fingerprint density at radius 1 is 1.40 bits per heavy atom.